The van der Waals surface area contributed by atoms with Gasteiger partial charge in [0.15, 0.2) is 6.61 Å². The lowest BCUT2D eigenvalue weighted by atomic mass is 10.2. The van der Waals surface area contributed by atoms with Crippen molar-refractivity contribution in [2.24, 2.45) is 0 Å². The Morgan fingerprint density at radius 3 is 3.00 bits per heavy atom. The van der Waals surface area contributed by atoms with Crippen molar-refractivity contribution in [1.82, 2.24) is 5.32 Å². The number of methoxy groups -OCH3 is 1. The topological polar surface area (TPSA) is 73.6 Å². The van der Waals surface area contributed by atoms with Crippen LogP contribution in [-0.2, 0) is 9.53 Å². The number of ether oxygens (including phenoxy) is 2. The molecular formula is C14H20N2O3. The number of rotatable bonds is 5. The zero-order chi connectivity index (χ0) is 13.7. The molecule has 2 unspecified atom stereocenters. The summed E-state index contributed by atoms with van der Waals surface area (Å²) in [5, 5.41) is 2.95. The number of hydrogen-bond donors (Lipinski definition) is 2. The maximum absolute atomic E-state index is 11.7. The van der Waals surface area contributed by atoms with Gasteiger partial charge in [-0.3, -0.25) is 4.79 Å². The normalized spacial score (nSPS) is 22.2. The first-order valence-corrected chi connectivity index (χ1v) is 6.48. The first-order valence-electron chi connectivity index (χ1n) is 6.48. The fraction of sp³-hybridized carbons (Fsp3) is 0.500. The third kappa shape index (κ3) is 4.13. The van der Waals surface area contributed by atoms with Gasteiger partial charge < -0.3 is 20.5 Å². The molecule has 1 aromatic rings. The van der Waals surface area contributed by atoms with Gasteiger partial charge in [0.05, 0.1) is 6.10 Å². The minimum Gasteiger partial charge on any atom is -0.484 e. The molecule has 0 spiro atoms. The zero-order valence-electron chi connectivity index (χ0n) is 11.1. The molecule has 1 aromatic carbocycles. The Labute approximate surface area is 113 Å². The number of nitrogen functional groups attached to an aromatic ring is 1. The highest BCUT2D eigenvalue weighted by molar-refractivity contribution is 5.77. The molecule has 0 heterocycles. The van der Waals surface area contributed by atoms with Gasteiger partial charge >= 0.3 is 0 Å². The average Bonchev–Trinajstić information content (AvgIpc) is 2.84. The number of benzene rings is 1. The van der Waals surface area contributed by atoms with Crippen LogP contribution < -0.4 is 15.8 Å². The van der Waals surface area contributed by atoms with Crippen molar-refractivity contribution in [2.75, 3.05) is 19.5 Å². The van der Waals surface area contributed by atoms with Crippen molar-refractivity contribution in [3.8, 4) is 5.75 Å². The van der Waals surface area contributed by atoms with E-state index in [0.717, 1.165) is 19.3 Å². The fourth-order valence-corrected chi connectivity index (χ4v) is 2.31. The summed E-state index contributed by atoms with van der Waals surface area (Å²) in [7, 11) is 1.71. The SMILES string of the molecule is COC1CCC(NC(=O)COc2cccc(N)c2)C1. The predicted octanol–water partition coefficient (Wildman–Crippen LogP) is 1.33. The molecule has 0 aromatic heterocycles. The molecule has 1 aliphatic rings. The Balaban J connectivity index is 1.73. The van der Waals surface area contributed by atoms with E-state index in [4.69, 9.17) is 15.2 Å². The van der Waals surface area contributed by atoms with E-state index in [1.807, 2.05) is 0 Å². The van der Waals surface area contributed by atoms with Gasteiger partial charge in [-0.2, -0.15) is 0 Å². The molecule has 19 heavy (non-hydrogen) atoms. The van der Waals surface area contributed by atoms with Crippen LogP contribution in [0.15, 0.2) is 24.3 Å². The Kier molecular flexibility index (Phi) is 4.63. The quantitative estimate of drug-likeness (QED) is 0.787. The lowest BCUT2D eigenvalue weighted by molar-refractivity contribution is -0.123. The second kappa shape index (κ2) is 6.43. The van der Waals surface area contributed by atoms with Crippen LogP contribution in [0, 0.1) is 0 Å². The van der Waals surface area contributed by atoms with E-state index >= 15 is 0 Å². The second-order valence-corrected chi connectivity index (χ2v) is 4.80. The summed E-state index contributed by atoms with van der Waals surface area (Å²) in [4.78, 5) is 11.7. The molecule has 1 saturated carbocycles. The Hall–Kier alpha value is -1.75. The highest BCUT2D eigenvalue weighted by Gasteiger charge is 2.25. The predicted molar refractivity (Wildman–Crippen MR) is 72.9 cm³/mol. The molecule has 0 radical (unpaired) electrons. The molecule has 5 heteroatoms. The summed E-state index contributed by atoms with van der Waals surface area (Å²) < 4.78 is 10.7. The molecule has 2 rings (SSSR count). The van der Waals surface area contributed by atoms with Crippen molar-refractivity contribution in [2.45, 2.75) is 31.4 Å². The minimum absolute atomic E-state index is 0.0115. The smallest absolute Gasteiger partial charge is 0.258 e. The summed E-state index contributed by atoms with van der Waals surface area (Å²) in [6.07, 6.45) is 3.10. The highest BCUT2D eigenvalue weighted by Crippen LogP contribution is 2.21. The van der Waals surface area contributed by atoms with Crippen LogP contribution in [-0.4, -0.2) is 31.8 Å². The van der Waals surface area contributed by atoms with Gasteiger partial charge in [-0.05, 0) is 31.4 Å². The van der Waals surface area contributed by atoms with Crippen molar-refractivity contribution in [3.63, 3.8) is 0 Å². The van der Waals surface area contributed by atoms with Crippen LogP contribution in [0.3, 0.4) is 0 Å². The Morgan fingerprint density at radius 2 is 2.32 bits per heavy atom. The number of carbonyl (C=O) groups excluding carboxylic acids is 1. The molecule has 5 nitrogen and oxygen atoms in total. The molecule has 104 valence electrons. The van der Waals surface area contributed by atoms with E-state index in [-0.39, 0.29) is 24.7 Å². The fourth-order valence-electron chi connectivity index (χ4n) is 2.31. The summed E-state index contributed by atoms with van der Waals surface area (Å²) in [5.41, 5.74) is 6.26. The lowest BCUT2D eigenvalue weighted by Crippen LogP contribution is -2.36. The van der Waals surface area contributed by atoms with Crippen molar-refractivity contribution < 1.29 is 14.3 Å². The summed E-state index contributed by atoms with van der Waals surface area (Å²) in [6, 6.07) is 7.24. The molecule has 1 amide bonds. The van der Waals surface area contributed by atoms with Gasteiger partial charge in [-0.1, -0.05) is 6.07 Å². The van der Waals surface area contributed by atoms with Crippen molar-refractivity contribution in [1.29, 1.82) is 0 Å². The molecular weight excluding hydrogens is 244 g/mol. The lowest BCUT2D eigenvalue weighted by Gasteiger charge is -2.13. The van der Waals surface area contributed by atoms with E-state index in [1.54, 1.807) is 31.4 Å². The third-order valence-corrected chi connectivity index (χ3v) is 3.31. The first kappa shape index (κ1) is 13.7. The molecule has 0 bridgehead atoms. The number of nitrogens with two attached hydrogens (primary N) is 1. The number of anilines is 1. The maximum atomic E-state index is 11.7. The van der Waals surface area contributed by atoms with Gasteiger partial charge in [0.2, 0.25) is 0 Å². The van der Waals surface area contributed by atoms with Gasteiger partial charge in [-0.25, -0.2) is 0 Å². The zero-order valence-corrected chi connectivity index (χ0v) is 11.1. The van der Waals surface area contributed by atoms with Crippen molar-refractivity contribution >= 4 is 11.6 Å². The van der Waals surface area contributed by atoms with E-state index in [0.29, 0.717) is 11.4 Å². The molecule has 1 fully saturated rings. The van der Waals surface area contributed by atoms with Crippen LogP contribution in [0.5, 0.6) is 5.75 Å². The Bertz CT molecular complexity index is 436. The van der Waals surface area contributed by atoms with Crippen LogP contribution in [0.2, 0.25) is 0 Å². The van der Waals surface area contributed by atoms with E-state index in [9.17, 15) is 4.79 Å². The van der Waals surface area contributed by atoms with Crippen molar-refractivity contribution in [3.05, 3.63) is 24.3 Å². The standard InChI is InChI=1S/C14H20N2O3/c1-18-12-6-5-11(8-12)16-14(17)9-19-13-4-2-3-10(15)7-13/h2-4,7,11-12H,5-6,8-9,15H2,1H3,(H,16,17). The van der Waals surface area contributed by atoms with Gasteiger partial charge in [0, 0.05) is 24.9 Å². The average molecular weight is 264 g/mol. The molecule has 1 aliphatic carbocycles. The summed E-state index contributed by atoms with van der Waals surface area (Å²) >= 11 is 0. The van der Waals surface area contributed by atoms with E-state index < -0.39 is 0 Å². The van der Waals surface area contributed by atoms with Crippen LogP contribution >= 0.6 is 0 Å². The molecule has 3 N–H and O–H groups in total. The first-order chi connectivity index (χ1) is 9.17. The molecule has 0 aliphatic heterocycles. The van der Waals surface area contributed by atoms with Gasteiger partial charge in [0.25, 0.3) is 5.91 Å². The van der Waals surface area contributed by atoms with Gasteiger partial charge in [-0.15, -0.1) is 0 Å². The molecule has 2 atom stereocenters. The monoisotopic (exact) mass is 264 g/mol. The number of nitrogens with one attached hydrogen (secondary N) is 1. The summed E-state index contributed by atoms with van der Waals surface area (Å²) in [5.74, 6) is 0.500. The number of amides is 1. The number of carbonyl (C=O) groups is 1. The third-order valence-electron chi connectivity index (χ3n) is 3.31. The van der Waals surface area contributed by atoms with Crippen LogP contribution in [0.1, 0.15) is 19.3 Å². The highest BCUT2D eigenvalue weighted by atomic mass is 16.5. The van der Waals surface area contributed by atoms with E-state index in [1.165, 1.54) is 0 Å². The maximum Gasteiger partial charge on any atom is 0.258 e. The summed E-state index contributed by atoms with van der Waals surface area (Å²) in [6.45, 7) is 0.0115. The van der Waals surface area contributed by atoms with Crippen LogP contribution in [0.4, 0.5) is 5.69 Å². The number of hydrogen-bond acceptors (Lipinski definition) is 4. The van der Waals surface area contributed by atoms with Crippen LogP contribution in [0.25, 0.3) is 0 Å². The Morgan fingerprint density at radius 1 is 1.47 bits per heavy atom. The largest absolute Gasteiger partial charge is 0.484 e. The van der Waals surface area contributed by atoms with Gasteiger partial charge in [0.1, 0.15) is 5.75 Å². The minimum atomic E-state index is -0.107. The van der Waals surface area contributed by atoms with E-state index in [2.05, 4.69) is 5.32 Å². The molecule has 0 saturated heterocycles. The second-order valence-electron chi connectivity index (χ2n) is 4.80.